The van der Waals surface area contributed by atoms with Crippen LogP contribution in [0.3, 0.4) is 0 Å². The van der Waals surface area contributed by atoms with Crippen LogP contribution in [0.5, 0.6) is 0 Å². The zero-order valence-electron chi connectivity index (χ0n) is 12.1. The smallest absolute Gasteiger partial charge is 0.0220 e. The Hall–Kier alpha value is 0.400. The molecule has 2 fully saturated rings. The summed E-state index contributed by atoms with van der Waals surface area (Å²) in [7, 11) is 4.61. The molecule has 1 aliphatic carbocycles. The SMILES string of the molecule is CN1CCCC(N(C)CC2(CBr)CCCCC2)C1. The predicted octanol–water partition coefficient (Wildman–Crippen LogP) is 3.36. The molecular formula is C15H29BrN2. The lowest BCUT2D eigenvalue weighted by Crippen LogP contribution is -2.49. The molecule has 0 aromatic heterocycles. The highest BCUT2D eigenvalue weighted by Crippen LogP contribution is 2.39. The molecule has 0 aromatic rings. The van der Waals surface area contributed by atoms with Crippen molar-refractivity contribution in [2.75, 3.05) is 39.1 Å². The highest BCUT2D eigenvalue weighted by Gasteiger charge is 2.34. The van der Waals surface area contributed by atoms with Gasteiger partial charge in [-0.1, -0.05) is 35.2 Å². The zero-order chi connectivity index (χ0) is 13.0. The number of likely N-dealkylation sites (tertiary alicyclic amines) is 1. The third-order valence-electron chi connectivity index (χ3n) is 5.01. The molecule has 1 aliphatic heterocycles. The maximum atomic E-state index is 3.80. The van der Waals surface area contributed by atoms with E-state index < -0.39 is 0 Å². The maximum Gasteiger partial charge on any atom is 0.0220 e. The van der Waals surface area contributed by atoms with Crippen LogP contribution in [0.25, 0.3) is 0 Å². The van der Waals surface area contributed by atoms with E-state index in [1.54, 1.807) is 0 Å². The van der Waals surface area contributed by atoms with Crippen LogP contribution < -0.4 is 0 Å². The number of hydrogen-bond acceptors (Lipinski definition) is 2. The van der Waals surface area contributed by atoms with Crippen LogP contribution in [0.4, 0.5) is 0 Å². The van der Waals surface area contributed by atoms with Gasteiger partial charge in [-0.2, -0.15) is 0 Å². The first-order chi connectivity index (χ1) is 8.65. The molecule has 3 heteroatoms. The summed E-state index contributed by atoms with van der Waals surface area (Å²) in [6.45, 7) is 3.83. The van der Waals surface area contributed by atoms with E-state index >= 15 is 0 Å². The minimum Gasteiger partial charge on any atom is -0.305 e. The first-order valence-corrected chi connectivity index (χ1v) is 8.72. The molecule has 1 unspecified atom stereocenters. The summed E-state index contributed by atoms with van der Waals surface area (Å²) in [5.41, 5.74) is 0.559. The average molecular weight is 317 g/mol. The Labute approximate surface area is 121 Å². The van der Waals surface area contributed by atoms with Crippen molar-refractivity contribution in [3.63, 3.8) is 0 Å². The molecule has 2 aliphatic rings. The molecule has 1 saturated heterocycles. The predicted molar refractivity (Wildman–Crippen MR) is 82.5 cm³/mol. The van der Waals surface area contributed by atoms with Crippen molar-refractivity contribution in [3.05, 3.63) is 0 Å². The van der Waals surface area contributed by atoms with Crippen LogP contribution in [0.1, 0.15) is 44.9 Å². The molecule has 1 saturated carbocycles. The lowest BCUT2D eigenvalue weighted by atomic mass is 9.75. The van der Waals surface area contributed by atoms with E-state index in [9.17, 15) is 0 Å². The van der Waals surface area contributed by atoms with Gasteiger partial charge in [0.1, 0.15) is 0 Å². The topological polar surface area (TPSA) is 6.48 Å². The van der Waals surface area contributed by atoms with Crippen molar-refractivity contribution >= 4 is 15.9 Å². The molecule has 2 nitrogen and oxygen atoms in total. The lowest BCUT2D eigenvalue weighted by molar-refractivity contribution is 0.0773. The van der Waals surface area contributed by atoms with Crippen LogP contribution in [0.2, 0.25) is 0 Å². The summed E-state index contributed by atoms with van der Waals surface area (Å²) in [6.07, 6.45) is 9.92. The average Bonchev–Trinajstić information content (AvgIpc) is 2.40. The van der Waals surface area contributed by atoms with Gasteiger partial charge in [-0.05, 0) is 51.7 Å². The van der Waals surface area contributed by atoms with Crippen LogP contribution >= 0.6 is 15.9 Å². The second-order valence-corrected chi connectivity index (χ2v) is 7.23. The summed E-state index contributed by atoms with van der Waals surface area (Å²) in [5, 5.41) is 1.19. The number of halogens is 1. The van der Waals surface area contributed by atoms with Crippen LogP contribution in [-0.4, -0.2) is 54.9 Å². The van der Waals surface area contributed by atoms with Gasteiger partial charge in [0.15, 0.2) is 0 Å². The Morgan fingerprint density at radius 3 is 2.56 bits per heavy atom. The van der Waals surface area contributed by atoms with Gasteiger partial charge in [-0.3, -0.25) is 0 Å². The molecule has 18 heavy (non-hydrogen) atoms. The largest absolute Gasteiger partial charge is 0.305 e. The van der Waals surface area contributed by atoms with Crippen LogP contribution in [-0.2, 0) is 0 Å². The minimum absolute atomic E-state index is 0.559. The standard InChI is InChI=1S/C15H29BrN2/c1-17-10-6-7-14(11-17)18(2)13-15(12-16)8-4-3-5-9-15/h14H,3-13H2,1-2H3. The summed E-state index contributed by atoms with van der Waals surface area (Å²) in [6, 6.07) is 0.779. The van der Waals surface area contributed by atoms with E-state index in [4.69, 9.17) is 0 Å². The first-order valence-electron chi connectivity index (χ1n) is 7.60. The van der Waals surface area contributed by atoms with Gasteiger partial charge in [0.05, 0.1) is 0 Å². The fraction of sp³-hybridized carbons (Fsp3) is 1.00. The summed E-state index contributed by atoms with van der Waals surface area (Å²) in [4.78, 5) is 5.15. The van der Waals surface area contributed by atoms with Gasteiger partial charge in [0.25, 0.3) is 0 Å². The Morgan fingerprint density at radius 1 is 1.22 bits per heavy atom. The quantitative estimate of drug-likeness (QED) is 0.734. The Bertz CT molecular complexity index is 251. The second kappa shape index (κ2) is 6.71. The molecule has 0 N–H and O–H groups in total. The van der Waals surface area contributed by atoms with Crippen molar-refractivity contribution in [1.29, 1.82) is 0 Å². The van der Waals surface area contributed by atoms with Gasteiger partial charge < -0.3 is 9.80 Å². The number of hydrogen-bond donors (Lipinski definition) is 0. The molecule has 2 rings (SSSR count). The molecule has 1 atom stereocenters. The Morgan fingerprint density at radius 2 is 1.94 bits per heavy atom. The van der Waals surface area contributed by atoms with E-state index in [1.165, 1.54) is 69.9 Å². The van der Waals surface area contributed by atoms with E-state index in [1.807, 2.05) is 0 Å². The fourth-order valence-electron chi connectivity index (χ4n) is 3.79. The fourth-order valence-corrected chi connectivity index (χ4v) is 4.53. The summed E-state index contributed by atoms with van der Waals surface area (Å²) < 4.78 is 0. The monoisotopic (exact) mass is 316 g/mol. The number of piperidine rings is 1. The summed E-state index contributed by atoms with van der Waals surface area (Å²) >= 11 is 3.80. The zero-order valence-corrected chi connectivity index (χ0v) is 13.7. The minimum atomic E-state index is 0.559. The van der Waals surface area contributed by atoms with Gasteiger partial charge in [0, 0.05) is 24.5 Å². The van der Waals surface area contributed by atoms with Gasteiger partial charge in [-0.15, -0.1) is 0 Å². The lowest BCUT2D eigenvalue weighted by Gasteiger charge is -2.43. The molecule has 0 bridgehead atoms. The molecule has 106 valence electrons. The molecular weight excluding hydrogens is 288 g/mol. The summed E-state index contributed by atoms with van der Waals surface area (Å²) in [5.74, 6) is 0. The molecule has 0 radical (unpaired) electrons. The molecule has 0 spiro atoms. The Balaban J connectivity index is 1.89. The van der Waals surface area contributed by atoms with E-state index in [0.29, 0.717) is 5.41 Å². The van der Waals surface area contributed by atoms with Crippen molar-refractivity contribution < 1.29 is 0 Å². The number of alkyl halides is 1. The number of rotatable bonds is 4. The van der Waals surface area contributed by atoms with Gasteiger partial charge in [-0.25, -0.2) is 0 Å². The second-order valence-electron chi connectivity index (χ2n) is 6.67. The van der Waals surface area contributed by atoms with Crippen molar-refractivity contribution in [2.45, 2.75) is 51.0 Å². The number of likely N-dealkylation sites (N-methyl/N-ethyl adjacent to an activating group) is 2. The first kappa shape index (κ1) is 14.8. The van der Waals surface area contributed by atoms with Crippen LogP contribution in [0, 0.1) is 5.41 Å². The van der Waals surface area contributed by atoms with Crippen LogP contribution in [0.15, 0.2) is 0 Å². The highest BCUT2D eigenvalue weighted by atomic mass is 79.9. The third kappa shape index (κ3) is 3.71. The normalized spacial score (nSPS) is 29.7. The third-order valence-corrected chi connectivity index (χ3v) is 6.19. The van der Waals surface area contributed by atoms with Crippen molar-refractivity contribution in [3.8, 4) is 0 Å². The highest BCUT2D eigenvalue weighted by molar-refractivity contribution is 9.09. The maximum absolute atomic E-state index is 3.80. The Kier molecular flexibility index (Phi) is 5.52. The molecule has 0 aromatic carbocycles. The number of nitrogens with zero attached hydrogens (tertiary/aromatic N) is 2. The van der Waals surface area contributed by atoms with E-state index in [2.05, 4.69) is 39.8 Å². The van der Waals surface area contributed by atoms with Gasteiger partial charge >= 0.3 is 0 Å². The van der Waals surface area contributed by atoms with Crippen molar-refractivity contribution in [2.24, 2.45) is 5.41 Å². The molecule has 1 heterocycles. The van der Waals surface area contributed by atoms with E-state index in [0.717, 1.165) is 6.04 Å². The van der Waals surface area contributed by atoms with Gasteiger partial charge in [0.2, 0.25) is 0 Å². The molecule has 0 amide bonds. The van der Waals surface area contributed by atoms with Crippen molar-refractivity contribution in [1.82, 2.24) is 9.80 Å². The van der Waals surface area contributed by atoms with E-state index in [-0.39, 0.29) is 0 Å².